The van der Waals surface area contributed by atoms with Crippen molar-refractivity contribution in [3.05, 3.63) is 42.0 Å². The topological polar surface area (TPSA) is 26.0 Å². The highest BCUT2D eigenvalue weighted by molar-refractivity contribution is 5.49. The predicted octanol–water partition coefficient (Wildman–Crippen LogP) is 2.44. The predicted molar refractivity (Wildman–Crippen MR) is 53.7 cm³/mol. The zero-order valence-electron chi connectivity index (χ0n) is 7.40. The van der Waals surface area contributed by atoms with Crippen LogP contribution in [0.4, 0.5) is 0 Å². The Kier molecular flexibility index (Phi) is 3.55. The maximum absolute atomic E-state index is 5.73. The first kappa shape index (κ1) is 9.01. The molecule has 0 fully saturated rings. The van der Waals surface area contributed by atoms with E-state index < -0.39 is 0 Å². The molecule has 0 radical (unpaired) electrons. The van der Waals surface area contributed by atoms with E-state index in [9.17, 15) is 0 Å². The van der Waals surface area contributed by atoms with Gasteiger partial charge in [0.15, 0.2) is 0 Å². The molecule has 0 aliphatic heterocycles. The molecule has 1 rings (SSSR count). The summed E-state index contributed by atoms with van der Waals surface area (Å²) >= 11 is 0. The van der Waals surface area contributed by atoms with Crippen LogP contribution in [-0.2, 0) is 0 Å². The third kappa shape index (κ3) is 2.89. The van der Waals surface area contributed by atoms with E-state index in [1.165, 1.54) is 5.56 Å². The summed E-state index contributed by atoms with van der Waals surface area (Å²) in [5.41, 5.74) is 6.94. The molecule has 2 N–H and O–H groups in total. The minimum Gasteiger partial charge on any atom is -0.324 e. The molecule has 0 spiro atoms. The molecule has 1 unspecified atom stereocenters. The second-order valence-electron chi connectivity index (χ2n) is 2.84. The van der Waals surface area contributed by atoms with E-state index in [1.807, 2.05) is 24.3 Å². The summed E-state index contributed by atoms with van der Waals surface area (Å²) in [7, 11) is 0. The fourth-order valence-electron chi connectivity index (χ4n) is 0.935. The minimum absolute atomic E-state index is 0.185. The van der Waals surface area contributed by atoms with Crippen LogP contribution < -0.4 is 5.73 Å². The summed E-state index contributed by atoms with van der Waals surface area (Å²) < 4.78 is 0. The van der Waals surface area contributed by atoms with Gasteiger partial charge in [0.05, 0.1) is 0 Å². The molecule has 12 heavy (non-hydrogen) atoms. The van der Waals surface area contributed by atoms with Crippen molar-refractivity contribution in [2.24, 2.45) is 5.73 Å². The maximum atomic E-state index is 5.73. The average Bonchev–Trinajstić information content (AvgIpc) is 2.16. The number of benzene rings is 1. The van der Waals surface area contributed by atoms with Crippen molar-refractivity contribution in [2.45, 2.75) is 19.4 Å². The molecular weight excluding hydrogens is 146 g/mol. The van der Waals surface area contributed by atoms with E-state index >= 15 is 0 Å². The normalized spacial score (nSPS) is 13.5. The quantitative estimate of drug-likeness (QED) is 0.724. The van der Waals surface area contributed by atoms with Gasteiger partial charge in [-0.3, -0.25) is 0 Å². The van der Waals surface area contributed by atoms with Crippen molar-refractivity contribution in [2.75, 3.05) is 0 Å². The Balaban J connectivity index is 2.58. The maximum Gasteiger partial charge on any atom is 0.0224 e. The third-order valence-electron chi connectivity index (χ3n) is 1.81. The van der Waals surface area contributed by atoms with Crippen LogP contribution in [0.5, 0.6) is 0 Å². The molecule has 0 saturated heterocycles. The van der Waals surface area contributed by atoms with E-state index in [0.29, 0.717) is 0 Å². The largest absolute Gasteiger partial charge is 0.324 e. The molecule has 0 aliphatic rings. The number of nitrogens with two attached hydrogens (primary N) is 1. The standard InChI is InChI=1S/C11H15N/c1-2-11(12)9-8-10-6-4-3-5-7-10/h3-9,11H,2,12H2,1H3. The fraction of sp³-hybridized carbons (Fsp3) is 0.273. The highest BCUT2D eigenvalue weighted by Crippen LogP contribution is 2.02. The van der Waals surface area contributed by atoms with Crippen LogP contribution in [0.15, 0.2) is 36.4 Å². The first-order valence-corrected chi connectivity index (χ1v) is 4.31. The van der Waals surface area contributed by atoms with Gasteiger partial charge in [-0.2, -0.15) is 0 Å². The van der Waals surface area contributed by atoms with Crippen molar-refractivity contribution in [1.82, 2.24) is 0 Å². The Morgan fingerprint density at radius 2 is 2.00 bits per heavy atom. The SMILES string of the molecule is CCC(N)C=Cc1ccccc1. The molecule has 1 nitrogen and oxygen atoms in total. The average molecular weight is 161 g/mol. The molecular formula is C11H15N. The Morgan fingerprint density at radius 1 is 1.33 bits per heavy atom. The van der Waals surface area contributed by atoms with Crippen LogP contribution in [0.2, 0.25) is 0 Å². The van der Waals surface area contributed by atoms with Gasteiger partial charge < -0.3 is 5.73 Å². The molecule has 1 aromatic carbocycles. The lowest BCUT2D eigenvalue weighted by Gasteiger charge is -1.99. The molecule has 1 atom stereocenters. The Hall–Kier alpha value is -1.08. The molecule has 0 heterocycles. The van der Waals surface area contributed by atoms with Gasteiger partial charge in [0.25, 0.3) is 0 Å². The van der Waals surface area contributed by atoms with Crippen LogP contribution in [0, 0.1) is 0 Å². The van der Waals surface area contributed by atoms with Gasteiger partial charge in [0.2, 0.25) is 0 Å². The molecule has 0 amide bonds. The van der Waals surface area contributed by atoms with Crippen molar-refractivity contribution < 1.29 is 0 Å². The number of hydrogen-bond acceptors (Lipinski definition) is 1. The van der Waals surface area contributed by atoms with Crippen LogP contribution in [-0.4, -0.2) is 6.04 Å². The minimum atomic E-state index is 0.185. The van der Waals surface area contributed by atoms with E-state index in [4.69, 9.17) is 5.73 Å². The van der Waals surface area contributed by atoms with Crippen LogP contribution in [0.25, 0.3) is 6.08 Å². The van der Waals surface area contributed by atoms with Gasteiger partial charge in [-0.05, 0) is 12.0 Å². The van der Waals surface area contributed by atoms with Gasteiger partial charge in [-0.1, -0.05) is 49.4 Å². The molecule has 0 bridgehead atoms. The lowest BCUT2D eigenvalue weighted by molar-refractivity contribution is 0.785. The number of rotatable bonds is 3. The summed E-state index contributed by atoms with van der Waals surface area (Å²) in [6, 6.07) is 10.4. The summed E-state index contributed by atoms with van der Waals surface area (Å²) in [5, 5.41) is 0. The smallest absolute Gasteiger partial charge is 0.0224 e. The first-order chi connectivity index (χ1) is 5.83. The number of hydrogen-bond donors (Lipinski definition) is 1. The van der Waals surface area contributed by atoms with Gasteiger partial charge in [-0.15, -0.1) is 0 Å². The second kappa shape index (κ2) is 4.73. The van der Waals surface area contributed by atoms with E-state index in [0.717, 1.165) is 6.42 Å². The van der Waals surface area contributed by atoms with Crippen LogP contribution in [0.3, 0.4) is 0 Å². The molecule has 0 aliphatic carbocycles. The lowest BCUT2D eigenvalue weighted by atomic mass is 10.1. The van der Waals surface area contributed by atoms with Crippen molar-refractivity contribution in [3.63, 3.8) is 0 Å². The van der Waals surface area contributed by atoms with Crippen LogP contribution in [0.1, 0.15) is 18.9 Å². The third-order valence-corrected chi connectivity index (χ3v) is 1.81. The molecule has 1 heteroatoms. The van der Waals surface area contributed by atoms with E-state index in [2.05, 4.69) is 25.1 Å². The highest BCUT2D eigenvalue weighted by Gasteiger charge is 1.90. The Morgan fingerprint density at radius 3 is 2.58 bits per heavy atom. The van der Waals surface area contributed by atoms with E-state index in [1.54, 1.807) is 0 Å². The van der Waals surface area contributed by atoms with Crippen molar-refractivity contribution in [1.29, 1.82) is 0 Å². The Labute approximate surface area is 73.9 Å². The van der Waals surface area contributed by atoms with E-state index in [-0.39, 0.29) is 6.04 Å². The summed E-state index contributed by atoms with van der Waals surface area (Å²) in [6.45, 7) is 2.08. The van der Waals surface area contributed by atoms with Crippen molar-refractivity contribution >= 4 is 6.08 Å². The van der Waals surface area contributed by atoms with Crippen molar-refractivity contribution in [3.8, 4) is 0 Å². The zero-order valence-corrected chi connectivity index (χ0v) is 7.40. The second-order valence-corrected chi connectivity index (χ2v) is 2.84. The summed E-state index contributed by atoms with van der Waals surface area (Å²) in [4.78, 5) is 0. The van der Waals surface area contributed by atoms with Crippen LogP contribution >= 0.6 is 0 Å². The monoisotopic (exact) mass is 161 g/mol. The molecule has 0 aromatic heterocycles. The van der Waals surface area contributed by atoms with Gasteiger partial charge in [-0.25, -0.2) is 0 Å². The first-order valence-electron chi connectivity index (χ1n) is 4.31. The van der Waals surface area contributed by atoms with Gasteiger partial charge >= 0.3 is 0 Å². The molecule has 1 aromatic rings. The lowest BCUT2D eigenvalue weighted by Crippen LogP contribution is -2.14. The molecule has 64 valence electrons. The summed E-state index contributed by atoms with van der Waals surface area (Å²) in [5.74, 6) is 0. The summed E-state index contributed by atoms with van der Waals surface area (Å²) in [6.07, 6.45) is 5.09. The zero-order chi connectivity index (χ0) is 8.81. The van der Waals surface area contributed by atoms with Gasteiger partial charge in [0, 0.05) is 6.04 Å². The fourth-order valence-corrected chi connectivity index (χ4v) is 0.935. The molecule has 0 saturated carbocycles. The highest BCUT2D eigenvalue weighted by atomic mass is 14.6. The Bertz CT molecular complexity index is 238. The van der Waals surface area contributed by atoms with Gasteiger partial charge in [0.1, 0.15) is 0 Å².